The number of carbonyl (C=O) groups excluding carboxylic acids is 1. The van der Waals surface area contributed by atoms with E-state index in [-0.39, 0.29) is 11.2 Å². The molecule has 0 aliphatic heterocycles. The van der Waals surface area contributed by atoms with Crippen molar-refractivity contribution in [3.8, 4) is 0 Å². The molecule has 0 spiro atoms. The summed E-state index contributed by atoms with van der Waals surface area (Å²) in [6.07, 6.45) is 0.304. The van der Waals surface area contributed by atoms with Crippen molar-refractivity contribution in [3.63, 3.8) is 0 Å². The van der Waals surface area contributed by atoms with E-state index >= 15 is 0 Å². The molecule has 0 aromatic heterocycles. The van der Waals surface area contributed by atoms with Crippen LogP contribution >= 0.6 is 11.6 Å². The van der Waals surface area contributed by atoms with Crippen LogP contribution in [0.2, 0.25) is 0 Å². The summed E-state index contributed by atoms with van der Waals surface area (Å²) in [5, 5.41) is 10.4. The largest absolute Gasteiger partial charge is 0.380 e. The fourth-order valence-electron chi connectivity index (χ4n) is 3.46. The third-order valence-corrected chi connectivity index (χ3v) is 5.13. The number of fused-ring (bicyclic) bond motifs is 1. The maximum atomic E-state index is 12.9. The average molecular weight is 315 g/mol. The molecule has 0 heterocycles. The van der Waals surface area contributed by atoms with E-state index in [1.165, 1.54) is 0 Å². The lowest BCUT2D eigenvalue weighted by Crippen LogP contribution is -2.51. The molecule has 0 unspecified atom stereocenters. The molecular formula is C19H19ClO2. The van der Waals surface area contributed by atoms with Crippen molar-refractivity contribution in [2.75, 3.05) is 0 Å². The lowest BCUT2D eigenvalue weighted by Gasteiger charge is -2.43. The number of Topliss-reactive ketones (excluding diaryl/α,β-unsaturated/α-hetero) is 1. The predicted molar refractivity (Wildman–Crippen MR) is 88.4 cm³/mol. The highest BCUT2D eigenvalue weighted by Crippen LogP contribution is 2.48. The van der Waals surface area contributed by atoms with Gasteiger partial charge in [-0.1, -0.05) is 68.4 Å². The van der Waals surface area contributed by atoms with Crippen molar-refractivity contribution in [1.29, 1.82) is 0 Å². The zero-order valence-electron chi connectivity index (χ0n) is 12.7. The van der Waals surface area contributed by atoms with E-state index in [2.05, 4.69) is 0 Å². The van der Waals surface area contributed by atoms with Crippen LogP contribution in [0, 0.1) is 0 Å². The highest BCUT2D eigenvalue weighted by molar-refractivity contribution is 6.25. The molecule has 0 bridgehead atoms. The molecule has 1 N–H and O–H groups in total. The number of benzene rings is 2. The van der Waals surface area contributed by atoms with Crippen molar-refractivity contribution in [1.82, 2.24) is 0 Å². The maximum Gasteiger partial charge on any atom is 0.196 e. The topological polar surface area (TPSA) is 37.3 Å². The van der Waals surface area contributed by atoms with Crippen molar-refractivity contribution in [3.05, 3.63) is 71.3 Å². The van der Waals surface area contributed by atoms with E-state index in [1.54, 1.807) is 6.07 Å². The molecule has 2 aromatic carbocycles. The normalized spacial score (nSPS) is 24.6. The van der Waals surface area contributed by atoms with E-state index < -0.39 is 11.0 Å². The van der Waals surface area contributed by atoms with Gasteiger partial charge in [0.15, 0.2) is 5.78 Å². The van der Waals surface area contributed by atoms with Crippen molar-refractivity contribution >= 4 is 17.4 Å². The number of alkyl halides is 1. The number of carbonyl (C=O) groups is 1. The summed E-state index contributed by atoms with van der Waals surface area (Å²) in [7, 11) is 0. The van der Waals surface area contributed by atoms with Gasteiger partial charge in [-0.05, 0) is 23.0 Å². The predicted octanol–water partition coefficient (Wildman–Crippen LogP) is 4.26. The van der Waals surface area contributed by atoms with Gasteiger partial charge in [-0.3, -0.25) is 4.79 Å². The van der Waals surface area contributed by atoms with E-state index in [1.807, 2.05) is 62.4 Å². The second kappa shape index (κ2) is 5.22. The Balaban J connectivity index is 2.11. The first-order valence-electron chi connectivity index (χ1n) is 7.42. The van der Waals surface area contributed by atoms with Gasteiger partial charge in [0.05, 0.1) is 5.38 Å². The number of hydrogen-bond acceptors (Lipinski definition) is 2. The molecule has 2 nitrogen and oxygen atoms in total. The van der Waals surface area contributed by atoms with Gasteiger partial charge in [0.2, 0.25) is 0 Å². The highest BCUT2D eigenvalue weighted by atomic mass is 35.5. The summed E-state index contributed by atoms with van der Waals surface area (Å²) < 4.78 is 0. The maximum absolute atomic E-state index is 12.9. The first kappa shape index (κ1) is 15.3. The van der Waals surface area contributed by atoms with Gasteiger partial charge in [0.25, 0.3) is 0 Å². The van der Waals surface area contributed by atoms with Gasteiger partial charge in [-0.25, -0.2) is 0 Å². The Labute approximate surface area is 135 Å². The molecule has 0 radical (unpaired) electrons. The molecule has 1 aliphatic carbocycles. The Morgan fingerprint density at radius 1 is 1.05 bits per heavy atom. The molecular weight excluding hydrogens is 296 g/mol. The van der Waals surface area contributed by atoms with Crippen LogP contribution < -0.4 is 0 Å². The third-order valence-electron chi connectivity index (χ3n) is 4.52. The van der Waals surface area contributed by atoms with Crippen LogP contribution in [0.5, 0.6) is 0 Å². The summed E-state index contributed by atoms with van der Waals surface area (Å²) in [4.78, 5) is 12.9. The lowest BCUT2D eigenvalue weighted by molar-refractivity contribution is 0.00907. The summed E-state index contributed by atoms with van der Waals surface area (Å²) in [5.41, 5.74) is 0.390. The highest BCUT2D eigenvalue weighted by Gasteiger charge is 2.52. The molecule has 1 aliphatic rings. The number of hydrogen-bond donors (Lipinski definition) is 1. The Morgan fingerprint density at radius 2 is 1.64 bits per heavy atom. The fraction of sp³-hybridized carbons (Fsp3) is 0.316. The van der Waals surface area contributed by atoms with E-state index in [0.717, 1.165) is 11.1 Å². The quantitative estimate of drug-likeness (QED) is 0.841. The first-order valence-corrected chi connectivity index (χ1v) is 7.85. The van der Waals surface area contributed by atoms with Crippen LogP contribution in [0.15, 0.2) is 54.6 Å². The minimum Gasteiger partial charge on any atom is -0.380 e. The summed E-state index contributed by atoms with van der Waals surface area (Å²) in [6, 6.07) is 16.8. The molecule has 3 heteroatoms. The van der Waals surface area contributed by atoms with Gasteiger partial charge < -0.3 is 5.11 Å². The van der Waals surface area contributed by atoms with Crippen LogP contribution in [-0.2, 0) is 5.41 Å². The monoisotopic (exact) mass is 314 g/mol. The van der Waals surface area contributed by atoms with E-state index in [4.69, 9.17) is 11.6 Å². The second-order valence-electron chi connectivity index (χ2n) is 6.63. The van der Waals surface area contributed by atoms with Crippen LogP contribution in [0.4, 0.5) is 0 Å². The minimum absolute atomic E-state index is 0.286. The van der Waals surface area contributed by atoms with Crippen LogP contribution in [0.25, 0.3) is 0 Å². The van der Waals surface area contributed by atoms with Gasteiger partial charge in [0.1, 0.15) is 5.60 Å². The molecule has 0 fully saturated rings. The summed E-state index contributed by atoms with van der Waals surface area (Å²) in [5.74, 6) is -0.286. The molecule has 2 atom stereocenters. The molecule has 2 aromatic rings. The van der Waals surface area contributed by atoms with Gasteiger partial charge in [-0.15, -0.1) is 11.6 Å². The number of rotatable bonds is 2. The van der Waals surface area contributed by atoms with E-state index in [0.29, 0.717) is 12.0 Å². The molecule has 3 rings (SSSR count). The smallest absolute Gasteiger partial charge is 0.196 e. The Bertz CT molecular complexity index is 708. The van der Waals surface area contributed by atoms with Crippen LogP contribution in [0.1, 0.15) is 47.1 Å². The average Bonchev–Trinajstić information content (AvgIpc) is 2.52. The zero-order chi connectivity index (χ0) is 16.0. The van der Waals surface area contributed by atoms with Crippen molar-refractivity contribution < 1.29 is 9.90 Å². The molecule has 114 valence electrons. The Kier molecular flexibility index (Phi) is 3.62. The minimum atomic E-state index is -1.60. The zero-order valence-corrected chi connectivity index (χ0v) is 13.5. The molecule has 0 amide bonds. The van der Waals surface area contributed by atoms with Gasteiger partial charge in [0, 0.05) is 5.56 Å². The standard InChI is InChI=1S/C19H19ClO2/c1-18(2)12-19(22,16(20)13-8-4-3-5-9-13)17(21)14-10-6-7-11-15(14)18/h3-11,16,22H,12H2,1-2H3/t16-,19+/m1/s1. The van der Waals surface area contributed by atoms with Crippen molar-refractivity contribution in [2.24, 2.45) is 0 Å². The number of aliphatic hydroxyl groups is 1. The molecule has 22 heavy (non-hydrogen) atoms. The summed E-state index contributed by atoms with van der Waals surface area (Å²) >= 11 is 6.54. The molecule has 0 saturated heterocycles. The van der Waals surface area contributed by atoms with Crippen LogP contribution in [-0.4, -0.2) is 16.5 Å². The lowest BCUT2D eigenvalue weighted by atomic mass is 9.64. The fourth-order valence-corrected chi connectivity index (χ4v) is 3.78. The third kappa shape index (κ3) is 2.27. The first-order chi connectivity index (χ1) is 10.4. The second-order valence-corrected chi connectivity index (χ2v) is 7.07. The van der Waals surface area contributed by atoms with Gasteiger partial charge >= 0.3 is 0 Å². The number of ketones is 1. The number of halogens is 1. The Morgan fingerprint density at radius 3 is 2.32 bits per heavy atom. The van der Waals surface area contributed by atoms with E-state index in [9.17, 15) is 9.90 Å². The Hall–Kier alpha value is -1.64. The summed E-state index contributed by atoms with van der Waals surface area (Å²) in [6.45, 7) is 4.08. The van der Waals surface area contributed by atoms with Gasteiger partial charge in [-0.2, -0.15) is 0 Å². The molecule has 0 saturated carbocycles. The van der Waals surface area contributed by atoms with Crippen molar-refractivity contribution in [2.45, 2.75) is 36.7 Å². The SMILES string of the molecule is CC1(C)C[C@](O)([C@H](Cl)c2ccccc2)C(=O)c2ccccc21. The van der Waals surface area contributed by atoms with Crippen LogP contribution in [0.3, 0.4) is 0 Å².